The SMILES string of the molecule is CC(NC(=O)N[C@H]1CC[C@@H](C(=O)O)C1)c1ccc(Cl)s1. The molecule has 20 heavy (non-hydrogen) atoms. The van der Waals surface area contributed by atoms with Gasteiger partial charge in [0.25, 0.3) is 0 Å². The minimum absolute atomic E-state index is 0.0600. The summed E-state index contributed by atoms with van der Waals surface area (Å²) in [4.78, 5) is 23.7. The largest absolute Gasteiger partial charge is 0.481 e. The highest BCUT2D eigenvalue weighted by Gasteiger charge is 2.30. The highest BCUT2D eigenvalue weighted by molar-refractivity contribution is 7.16. The fraction of sp³-hybridized carbons (Fsp3) is 0.538. The number of aliphatic carboxylic acids is 1. The van der Waals surface area contributed by atoms with E-state index in [4.69, 9.17) is 16.7 Å². The molecule has 1 aliphatic carbocycles. The van der Waals surface area contributed by atoms with Crippen molar-refractivity contribution in [2.75, 3.05) is 0 Å². The standard InChI is InChI=1S/C13H17ClN2O3S/c1-7(10-4-5-11(14)20-10)15-13(19)16-9-3-2-8(6-9)12(17)18/h4-5,7-9H,2-3,6H2,1H3,(H,17,18)(H2,15,16,19)/t7?,8-,9+/m1/s1. The van der Waals surface area contributed by atoms with Crippen LogP contribution >= 0.6 is 22.9 Å². The third-order valence-electron chi connectivity index (χ3n) is 3.49. The van der Waals surface area contributed by atoms with Gasteiger partial charge in [-0.15, -0.1) is 11.3 Å². The number of hydrogen-bond acceptors (Lipinski definition) is 3. The molecule has 1 heterocycles. The first-order valence-electron chi connectivity index (χ1n) is 6.50. The third-order valence-corrected chi connectivity index (χ3v) is 4.90. The quantitative estimate of drug-likeness (QED) is 0.799. The van der Waals surface area contributed by atoms with E-state index in [1.165, 1.54) is 11.3 Å². The van der Waals surface area contributed by atoms with Crippen LogP contribution in [0.15, 0.2) is 12.1 Å². The van der Waals surface area contributed by atoms with E-state index in [0.29, 0.717) is 23.6 Å². The van der Waals surface area contributed by atoms with Crippen LogP contribution in [0.4, 0.5) is 4.79 Å². The van der Waals surface area contributed by atoms with Gasteiger partial charge in [-0.25, -0.2) is 4.79 Å². The number of carboxylic acids is 1. The van der Waals surface area contributed by atoms with E-state index in [1.807, 2.05) is 13.0 Å². The fourth-order valence-electron chi connectivity index (χ4n) is 2.39. The number of hydrogen-bond donors (Lipinski definition) is 3. The molecule has 3 atom stereocenters. The maximum absolute atomic E-state index is 11.9. The van der Waals surface area contributed by atoms with Crippen LogP contribution in [0.25, 0.3) is 0 Å². The van der Waals surface area contributed by atoms with Crippen LogP contribution in [0.2, 0.25) is 4.34 Å². The maximum atomic E-state index is 11.9. The monoisotopic (exact) mass is 316 g/mol. The lowest BCUT2D eigenvalue weighted by molar-refractivity contribution is -0.141. The lowest BCUT2D eigenvalue weighted by atomic mass is 10.1. The van der Waals surface area contributed by atoms with Crippen molar-refractivity contribution in [2.24, 2.45) is 5.92 Å². The van der Waals surface area contributed by atoms with Crippen LogP contribution in [-0.4, -0.2) is 23.1 Å². The summed E-state index contributed by atoms with van der Waals surface area (Å²) in [7, 11) is 0. The number of urea groups is 1. The summed E-state index contributed by atoms with van der Waals surface area (Å²) in [5.41, 5.74) is 0. The minimum Gasteiger partial charge on any atom is -0.481 e. The summed E-state index contributed by atoms with van der Waals surface area (Å²) in [6.45, 7) is 1.89. The number of rotatable bonds is 4. The molecule has 7 heteroatoms. The summed E-state index contributed by atoms with van der Waals surface area (Å²) in [5, 5.41) is 14.6. The van der Waals surface area contributed by atoms with Gasteiger partial charge in [0.15, 0.2) is 0 Å². The number of amides is 2. The molecule has 2 rings (SSSR count). The molecular weight excluding hydrogens is 300 g/mol. The second kappa shape index (κ2) is 6.45. The first-order chi connectivity index (χ1) is 9.45. The number of carbonyl (C=O) groups is 2. The average Bonchev–Trinajstić information content (AvgIpc) is 2.98. The van der Waals surface area contributed by atoms with Crippen LogP contribution in [0.5, 0.6) is 0 Å². The van der Waals surface area contributed by atoms with Gasteiger partial charge < -0.3 is 15.7 Å². The highest BCUT2D eigenvalue weighted by Crippen LogP contribution is 2.27. The van der Waals surface area contributed by atoms with Crippen molar-refractivity contribution < 1.29 is 14.7 Å². The van der Waals surface area contributed by atoms with Crippen molar-refractivity contribution in [1.29, 1.82) is 0 Å². The molecule has 0 aromatic carbocycles. The lowest BCUT2D eigenvalue weighted by Gasteiger charge is -2.16. The molecule has 0 saturated heterocycles. The van der Waals surface area contributed by atoms with Crippen LogP contribution in [0.1, 0.15) is 37.1 Å². The Labute approximate surface area is 126 Å². The second-order valence-electron chi connectivity index (χ2n) is 5.03. The van der Waals surface area contributed by atoms with Crippen molar-refractivity contribution in [3.8, 4) is 0 Å². The first-order valence-corrected chi connectivity index (χ1v) is 7.70. The maximum Gasteiger partial charge on any atom is 0.315 e. The van der Waals surface area contributed by atoms with Crippen molar-refractivity contribution in [3.05, 3.63) is 21.3 Å². The van der Waals surface area contributed by atoms with Gasteiger partial charge in [-0.2, -0.15) is 0 Å². The van der Waals surface area contributed by atoms with Crippen molar-refractivity contribution in [1.82, 2.24) is 10.6 Å². The first kappa shape index (κ1) is 15.1. The smallest absolute Gasteiger partial charge is 0.315 e. The Balaban J connectivity index is 1.80. The second-order valence-corrected chi connectivity index (χ2v) is 6.77. The zero-order chi connectivity index (χ0) is 14.7. The molecule has 0 bridgehead atoms. The zero-order valence-corrected chi connectivity index (χ0v) is 12.6. The summed E-state index contributed by atoms with van der Waals surface area (Å²) in [6.07, 6.45) is 1.84. The molecule has 5 nitrogen and oxygen atoms in total. The molecule has 0 aliphatic heterocycles. The van der Waals surface area contributed by atoms with Crippen molar-refractivity contribution in [3.63, 3.8) is 0 Å². The third kappa shape index (κ3) is 3.86. The highest BCUT2D eigenvalue weighted by atomic mass is 35.5. The predicted molar refractivity (Wildman–Crippen MR) is 78.2 cm³/mol. The molecule has 3 N–H and O–H groups in total. The molecule has 1 fully saturated rings. The van der Waals surface area contributed by atoms with Gasteiger partial charge in [0.05, 0.1) is 16.3 Å². The van der Waals surface area contributed by atoms with Crippen LogP contribution in [0.3, 0.4) is 0 Å². The van der Waals surface area contributed by atoms with E-state index in [9.17, 15) is 9.59 Å². The van der Waals surface area contributed by atoms with Crippen molar-refractivity contribution in [2.45, 2.75) is 38.3 Å². The average molecular weight is 317 g/mol. The Morgan fingerprint density at radius 3 is 2.75 bits per heavy atom. The van der Waals surface area contributed by atoms with Crippen LogP contribution in [-0.2, 0) is 4.79 Å². The Morgan fingerprint density at radius 1 is 1.45 bits per heavy atom. The summed E-state index contributed by atoms with van der Waals surface area (Å²) >= 11 is 7.29. The molecular formula is C13H17ClN2O3S. The van der Waals surface area contributed by atoms with E-state index in [0.717, 1.165) is 4.88 Å². The Bertz CT molecular complexity index is 506. The Morgan fingerprint density at radius 2 is 2.20 bits per heavy atom. The van der Waals surface area contributed by atoms with Gasteiger partial charge in [0.2, 0.25) is 0 Å². The summed E-state index contributed by atoms with van der Waals surface area (Å²) in [5.74, 6) is -1.12. The van der Waals surface area contributed by atoms with Gasteiger partial charge in [-0.3, -0.25) is 4.79 Å². The minimum atomic E-state index is -0.781. The van der Waals surface area contributed by atoms with E-state index < -0.39 is 5.97 Å². The van der Waals surface area contributed by atoms with Crippen molar-refractivity contribution >= 4 is 34.9 Å². The predicted octanol–water partition coefficient (Wildman–Crippen LogP) is 3.02. The number of carbonyl (C=O) groups excluding carboxylic acids is 1. The van der Waals surface area contributed by atoms with E-state index in [2.05, 4.69) is 10.6 Å². The normalized spacial score (nSPS) is 23.3. The Kier molecular flexibility index (Phi) is 4.88. The summed E-state index contributed by atoms with van der Waals surface area (Å²) in [6, 6.07) is 3.23. The number of carboxylic acid groups (broad SMARTS) is 1. The van der Waals surface area contributed by atoms with E-state index in [1.54, 1.807) is 6.07 Å². The Hall–Kier alpha value is -1.27. The van der Waals surface area contributed by atoms with Crippen LogP contribution in [0, 0.1) is 5.92 Å². The number of halogens is 1. The van der Waals surface area contributed by atoms with Gasteiger partial charge in [0.1, 0.15) is 0 Å². The van der Waals surface area contributed by atoms with E-state index in [-0.39, 0.29) is 24.0 Å². The molecule has 0 radical (unpaired) electrons. The molecule has 110 valence electrons. The van der Waals surface area contributed by atoms with Gasteiger partial charge in [-0.05, 0) is 38.3 Å². The molecule has 1 aromatic rings. The topological polar surface area (TPSA) is 78.4 Å². The molecule has 1 saturated carbocycles. The molecule has 1 unspecified atom stereocenters. The van der Waals surface area contributed by atoms with Gasteiger partial charge in [0, 0.05) is 10.9 Å². The molecule has 1 aromatic heterocycles. The number of nitrogens with one attached hydrogen (secondary N) is 2. The fourth-order valence-corrected chi connectivity index (χ4v) is 3.46. The van der Waals surface area contributed by atoms with E-state index >= 15 is 0 Å². The zero-order valence-electron chi connectivity index (χ0n) is 11.1. The molecule has 2 amide bonds. The van der Waals surface area contributed by atoms with Gasteiger partial charge in [-0.1, -0.05) is 11.6 Å². The van der Waals surface area contributed by atoms with Gasteiger partial charge >= 0.3 is 12.0 Å². The molecule has 1 aliphatic rings. The van der Waals surface area contributed by atoms with Crippen LogP contribution < -0.4 is 10.6 Å². The molecule has 0 spiro atoms. The lowest BCUT2D eigenvalue weighted by Crippen LogP contribution is -2.42. The summed E-state index contributed by atoms with van der Waals surface area (Å²) < 4.78 is 0.689. The number of thiophene rings is 1.